The molecule has 0 atom stereocenters. The highest BCUT2D eigenvalue weighted by Crippen LogP contribution is 2.22. The summed E-state index contributed by atoms with van der Waals surface area (Å²) >= 11 is 12.1. The summed E-state index contributed by atoms with van der Waals surface area (Å²) in [5.41, 5.74) is 0.970. The van der Waals surface area contributed by atoms with E-state index in [-0.39, 0.29) is 0 Å². The molecule has 0 unspecified atom stereocenters. The van der Waals surface area contributed by atoms with Crippen LogP contribution in [0.4, 0.5) is 0 Å². The third-order valence-electron chi connectivity index (χ3n) is 2.34. The van der Waals surface area contributed by atoms with Crippen molar-refractivity contribution in [3.8, 4) is 0 Å². The van der Waals surface area contributed by atoms with E-state index in [1.807, 2.05) is 30.3 Å². The van der Waals surface area contributed by atoms with E-state index in [2.05, 4.69) is 5.32 Å². The Morgan fingerprint density at radius 1 is 1.00 bits per heavy atom. The van der Waals surface area contributed by atoms with Gasteiger partial charge in [-0.25, -0.2) is 0 Å². The highest BCUT2D eigenvalue weighted by atomic mass is 35.5. The van der Waals surface area contributed by atoms with Gasteiger partial charge in [0.05, 0.1) is 16.3 Å². The molecule has 84 valence electrons. The summed E-state index contributed by atoms with van der Waals surface area (Å²) in [5.74, 6) is 0.947. The smallest absolute Gasteiger partial charge is 0.157 e. The van der Waals surface area contributed by atoms with Crippen molar-refractivity contribution >= 4 is 23.2 Å². The largest absolute Gasteiger partial charge is 0.463 e. The molecule has 2 nitrogen and oxygen atoms in total. The second-order valence-corrected chi connectivity index (χ2v) is 4.29. The van der Waals surface area contributed by atoms with Crippen LogP contribution in [0.15, 0.2) is 41.0 Å². The van der Waals surface area contributed by atoms with Gasteiger partial charge >= 0.3 is 0 Å². The first-order valence-corrected chi connectivity index (χ1v) is 5.80. The Labute approximate surface area is 104 Å². The van der Waals surface area contributed by atoms with Crippen LogP contribution in [0.5, 0.6) is 0 Å². The monoisotopic (exact) mass is 256 g/mol. The molecular formula is C12H12Cl2NO+. The second kappa shape index (κ2) is 5.39. The van der Waals surface area contributed by atoms with E-state index in [0.717, 1.165) is 24.4 Å². The minimum atomic E-state index is 0.711. The lowest BCUT2D eigenvalue weighted by atomic mass is 10.2. The van der Waals surface area contributed by atoms with Crippen LogP contribution in [0.2, 0.25) is 10.0 Å². The third kappa shape index (κ3) is 2.79. The van der Waals surface area contributed by atoms with E-state index in [4.69, 9.17) is 27.6 Å². The van der Waals surface area contributed by atoms with Gasteiger partial charge < -0.3 is 9.73 Å². The zero-order chi connectivity index (χ0) is 11.4. The van der Waals surface area contributed by atoms with Crippen molar-refractivity contribution in [2.75, 3.05) is 0 Å². The maximum atomic E-state index is 6.06. The van der Waals surface area contributed by atoms with E-state index in [1.54, 1.807) is 6.26 Å². The first-order chi connectivity index (χ1) is 7.77. The molecule has 1 aromatic carbocycles. The number of halogens is 2. The molecule has 0 radical (unpaired) electrons. The minimum absolute atomic E-state index is 0.711. The Hall–Kier alpha value is -0.960. The molecule has 0 aliphatic carbocycles. The molecule has 0 aliphatic rings. The highest BCUT2D eigenvalue weighted by molar-refractivity contribution is 6.35. The number of rotatable bonds is 4. The molecular weight excluding hydrogens is 245 g/mol. The van der Waals surface area contributed by atoms with Crippen LogP contribution in [0.3, 0.4) is 0 Å². The third-order valence-corrected chi connectivity index (χ3v) is 3.04. The number of quaternary nitrogens is 1. The fourth-order valence-corrected chi connectivity index (χ4v) is 2.07. The normalized spacial score (nSPS) is 10.6. The lowest BCUT2D eigenvalue weighted by Gasteiger charge is -2.04. The van der Waals surface area contributed by atoms with Crippen LogP contribution in [-0.2, 0) is 13.1 Å². The lowest BCUT2D eigenvalue weighted by molar-refractivity contribution is -0.687. The molecule has 2 N–H and O–H groups in total. The van der Waals surface area contributed by atoms with Crippen molar-refractivity contribution in [1.82, 2.24) is 0 Å². The molecule has 0 fully saturated rings. The van der Waals surface area contributed by atoms with E-state index in [1.165, 1.54) is 0 Å². The second-order valence-electron chi connectivity index (χ2n) is 3.48. The fraction of sp³-hybridized carbons (Fsp3) is 0.167. The zero-order valence-corrected chi connectivity index (χ0v) is 10.1. The quantitative estimate of drug-likeness (QED) is 0.896. The Morgan fingerprint density at radius 2 is 1.75 bits per heavy atom. The van der Waals surface area contributed by atoms with Crippen molar-refractivity contribution in [2.45, 2.75) is 13.1 Å². The van der Waals surface area contributed by atoms with Gasteiger partial charge in [0.1, 0.15) is 13.1 Å². The van der Waals surface area contributed by atoms with Crippen molar-refractivity contribution < 1.29 is 9.73 Å². The SMILES string of the molecule is Clc1cccc(Cl)c1C[NH2+]Cc1ccco1. The zero-order valence-electron chi connectivity index (χ0n) is 8.62. The molecule has 0 aliphatic heterocycles. The Morgan fingerprint density at radius 3 is 2.38 bits per heavy atom. The molecule has 0 saturated heterocycles. The van der Waals surface area contributed by atoms with E-state index in [9.17, 15) is 0 Å². The molecule has 0 bridgehead atoms. The first kappa shape index (κ1) is 11.5. The fourth-order valence-electron chi connectivity index (χ4n) is 1.51. The molecule has 0 amide bonds. The molecule has 2 aromatic rings. The number of benzene rings is 1. The van der Waals surface area contributed by atoms with Crippen molar-refractivity contribution in [2.24, 2.45) is 0 Å². The number of furan rings is 1. The van der Waals surface area contributed by atoms with Crippen molar-refractivity contribution in [1.29, 1.82) is 0 Å². The van der Waals surface area contributed by atoms with E-state index < -0.39 is 0 Å². The van der Waals surface area contributed by atoms with Gasteiger partial charge in [-0.2, -0.15) is 0 Å². The van der Waals surface area contributed by atoms with Gasteiger partial charge in [-0.05, 0) is 24.3 Å². The Kier molecular flexibility index (Phi) is 3.88. The Balaban J connectivity index is 1.95. The summed E-state index contributed by atoms with van der Waals surface area (Å²) < 4.78 is 5.23. The van der Waals surface area contributed by atoms with E-state index in [0.29, 0.717) is 10.0 Å². The summed E-state index contributed by atoms with van der Waals surface area (Å²) in [6.45, 7) is 1.54. The molecule has 16 heavy (non-hydrogen) atoms. The highest BCUT2D eigenvalue weighted by Gasteiger charge is 2.07. The lowest BCUT2D eigenvalue weighted by Crippen LogP contribution is -2.80. The summed E-state index contributed by atoms with van der Waals surface area (Å²) in [7, 11) is 0. The molecule has 1 heterocycles. The maximum Gasteiger partial charge on any atom is 0.157 e. The predicted octanol–water partition coefficient (Wildman–Crippen LogP) is 2.85. The summed E-state index contributed by atoms with van der Waals surface area (Å²) in [6.07, 6.45) is 1.67. The van der Waals surface area contributed by atoms with Crippen LogP contribution in [0, 0.1) is 0 Å². The average Bonchev–Trinajstić information content (AvgIpc) is 2.75. The van der Waals surface area contributed by atoms with Crippen LogP contribution >= 0.6 is 23.2 Å². The summed E-state index contributed by atoms with van der Waals surface area (Å²) in [5, 5.41) is 3.53. The van der Waals surface area contributed by atoms with Gasteiger partial charge in [0.25, 0.3) is 0 Å². The number of hydrogen-bond acceptors (Lipinski definition) is 1. The number of hydrogen-bond donors (Lipinski definition) is 1. The van der Waals surface area contributed by atoms with Gasteiger partial charge in [0.15, 0.2) is 5.76 Å². The van der Waals surface area contributed by atoms with Crippen molar-refractivity contribution in [3.05, 3.63) is 58.0 Å². The van der Waals surface area contributed by atoms with Gasteiger partial charge in [-0.1, -0.05) is 29.3 Å². The van der Waals surface area contributed by atoms with Crippen LogP contribution in [-0.4, -0.2) is 0 Å². The van der Waals surface area contributed by atoms with Gasteiger partial charge in [-0.3, -0.25) is 0 Å². The summed E-state index contributed by atoms with van der Waals surface area (Å²) in [6, 6.07) is 9.38. The van der Waals surface area contributed by atoms with Gasteiger partial charge in [0.2, 0.25) is 0 Å². The van der Waals surface area contributed by atoms with Gasteiger partial charge in [0, 0.05) is 5.56 Å². The van der Waals surface area contributed by atoms with Crippen LogP contribution in [0.1, 0.15) is 11.3 Å². The maximum absolute atomic E-state index is 6.06. The first-order valence-electron chi connectivity index (χ1n) is 5.04. The summed E-state index contributed by atoms with van der Waals surface area (Å²) in [4.78, 5) is 0. The van der Waals surface area contributed by atoms with Crippen LogP contribution < -0.4 is 5.32 Å². The molecule has 1 aromatic heterocycles. The predicted molar refractivity (Wildman–Crippen MR) is 64.5 cm³/mol. The molecule has 0 spiro atoms. The minimum Gasteiger partial charge on any atom is -0.463 e. The van der Waals surface area contributed by atoms with E-state index >= 15 is 0 Å². The molecule has 4 heteroatoms. The molecule has 0 saturated carbocycles. The number of nitrogens with two attached hydrogens (primary N) is 1. The average molecular weight is 257 g/mol. The van der Waals surface area contributed by atoms with Gasteiger partial charge in [-0.15, -0.1) is 0 Å². The molecule has 2 rings (SSSR count). The standard InChI is InChI=1S/C12H11Cl2NO/c13-11-4-1-5-12(14)10(11)8-15-7-9-3-2-6-16-9/h1-6,15H,7-8H2/p+1. The topological polar surface area (TPSA) is 29.8 Å². The Bertz CT molecular complexity index is 434. The van der Waals surface area contributed by atoms with Crippen molar-refractivity contribution in [3.63, 3.8) is 0 Å². The van der Waals surface area contributed by atoms with Crippen LogP contribution in [0.25, 0.3) is 0 Å².